The molecule has 0 N–H and O–H groups in total. The second-order valence-corrected chi connectivity index (χ2v) is 7.68. The molecule has 0 bridgehead atoms. The van der Waals surface area contributed by atoms with Gasteiger partial charge < -0.3 is 9.47 Å². The number of halogens is 1. The number of aromatic nitrogens is 1. The summed E-state index contributed by atoms with van der Waals surface area (Å²) >= 11 is 3.37. The monoisotopic (exact) mass is 363 g/mol. The van der Waals surface area contributed by atoms with Crippen molar-refractivity contribution < 1.29 is 13.2 Å². The molecule has 0 saturated carbocycles. The lowest BCUT2D eigenvalue weighted by molar-refractivity contribution is 0.0687. The second kappa shape index (κ2) is 5.87. The summed E-state index contributed by atoms with van der Waals surface area (Å²) in [5, 5.41) is 0. The highest BCUT2D eigenvalue weighted by atomic mass is 79.9. The molecule has 6 nitrogen and oxygen atoms in total. The fourth-order valence-electron chi connectivity index (χ4n) is 2.30. The molecule has 1 aliphatic rings. The number of carbonyl (C=O) groups excluding carboxylic acids is 1. The Hall–Kier alpha value is -0.860. The van der Waals surface area contributed by atoms with Crippen LogP contribution in [0.5, 0.6) is 0 Å². The van der Waals surface area contributed by atoms with Crippen molar-refractivity contribution in [1.82, 2.24) is 13.8 Å². The van der Waals surface area contributed by atoms with Crippen molar-refractivity contribution >= 4 is 31.9 Å². The van der Waals surface area contributed by atoms with Gasteiger partial charge in [0.1, 0.15) is 5.69 Å². The second-order valence-electron chi connectivity index (χ2n) is 4.78. The number of amides is 1. The molecule has 2 rings (SSSR count). The summed E-state index contributed by atoms with van der Waals surface area (Å²) in [6, 6.07) is 1.80. The van der Waals surface area contributed by atoms with Crippen molar-refractivity contribution in [2.45, 2.75) is 13.5 Å². The highest BCUT2D eigenvalue weighted by molar-refractivity contribution is 9.10. The summed E-state index contributed by atoms with van der Waals surface area (Å²) in [5.41, 5.74) is 0.632. The number of carbonyl (C=O) groups is 1. The van der Waals surface area contributed by atoms with Gasteiger partial charge in [0.15, 0.2) is 0 Å². The molecule has 0 spiro atoms. The summed E-state index contributed by atoms with van der Waals surface area (Å²) in [6.07, 6.45) is 3.07. The number of piperazine rings is 1. The highest BCUT2D eigenvalue weighted by Gasteiger charge is 2.27. The average molecular weight is 364 g/mol. The van der Waals surface area contributed by atoms with Gasteiger partial charge in [-0.15, -0.1) is 0 Å². The zero-order valence-electron chi connectivity index (χ0n) is 11.5. The average Bonchev–Trinajstić information content (AvgIpc) is 2.78. The molecular formula is C12H18BrN3O3S. The van der Waals surface area contributed by atoms with Crippen LogP contribution >= 0.6 is 15.9 Å². The summed E-state index contributed by atoms with van der Waals surface area (Å²) < 4.78 is 27.1. The Labute approximate surface area is 127 Å². The molecule has 8 heteroatoms. The van der Waals surface area contributed by atoms with Gasteiger partial charge in [0.05, 0.1) is 6.26 Å². The highest BCUT2D eigenvalue weighted by Crippen LogP contribution is 2.18. The first-order chi connectivity index (χ1) is 9.32. The van der Waals surface area contributed by atoms with E-state index in [4.69, 9.17) is 0 Å². The predicted molar refractivity (Wildman–Crippen MR) is 80.1 cm³/mol. The first-order valence-corrected chi connectivity index (χ1v) is 9.07. The van der Waals surface area contributed by atoms with E-state index in [-0.39, 0.29) is 5.91 Å². The van der Waals surface area contributed by atoms with Gasteiger partial charge in [-0.3, -0.25) is 4.79 Å². The van der Waals surface area contributed by atoms with Crippen molar-refractivity contribution in [3.8, 4) is 0 Å². The molecule has 0 aromatic carbocycles. The Morgan fingerprint density at radius 1 is 1.30 bits per heavy atom. The molecular weight excluding hydrogens is 346 g/mol. The molecule has 0 unspecified atom stereocenters. The van der Waals surface area contributed by atoms with E-state index in [0.29, 0.717) is 31.9 Å². The standard InChI is InChI=1S/C12H18BrN3O3S/c1-3-14-9-10(13)8-11(14)12(17)15-4-6-16(7-5-15)20(2,18)19/h8-9H,3-7H2,1-2H3. The zero-order valence-corrected chi connectivity index (χ0v) is 13.9. The molecule has 0 aliphatic carbocycles. The topological polar surface area (TPSA) is 62.6 Å². The van der Waals surface area contributed by atoms with Crippen molar-refractivity contribution in [2.75, 3.05) is 32.4 Å². The number of sulfonamides is 1. The van der Waals surface area contributed by atoms with E-state index < -0.39 is 10.0 Å². The Morgan fingerprint density at radius 3 is 2.40 bits per heavy atom. The first-order valence-electron chi connectivity index (χ1n) is 6.43. The number of aryl methyl sites for hydroxylation is 1. The molecule has 1 aromatic rings. The number of nitrogens with zero attached hydrogens (tertiary/aromatic N) is 3. The third-order valence-electron chi connectivity index (χ3n) is 3.42. The Balaban J connectivity index is 2.09. The molecule has 1 amide bonds. The molecule has 1 aromatic heterocycles. The van der Waals surface area contributed by atoms with Crippen LogP contribution in [0.1, 0.15) is 17.4 Å². The van der Waals surface area contributed by atoms with Crippen molar-refractivity contribution in [3.05, 3.63) is 22.4 Å². The van der Waals surface area contributed by atoms with Gasteiger partial charge in [-0.1, -0.05) is 0 Å². The Morgan fingerprint density at radius 2 is 1.90 bits per heavy atom. The maximum atomic E-state index is 12.5. The maximum Gasteiger partial charge on any atom is 0.270 e. The third kappa shape index (κ3) is 3.24. The van der Waals surface area contributed by atoms with Gasteiger partial charge in [0.25, 0.3) is 5.91 Å². The van der Waals surface area contributed by atoms with Crippen LogP contribution < -0.4 is 0 Å². The van der Waals surface area contributed by atoms with Gasteiger partial charge in [0, 0.05) is 43.4 Å². The molecule has 20 heavy (non-hydrogen) atoms. The lowest BCUT2D eigenvalue weighted by atomic mass is 10.3. The van der Waals surface area contributed by atoms with Crippen LogP contribution in [0.15, 0.2) is 16.7 Å². The summed E-state index contributed by atoms with van der Waals surface area (Å²) in [6.45, 7) is 4.27. The Bertz CT molecular complexity index is 603. The van der Waals surface area contributed by atoms with Crippen LogP contribution in [0.25, 0.3) is 0 Å². The maximum absolute atomic E-state index is 12.5. The van der Waals surface area contributed by atoms with Crippen LogP contribution in [-0.4, -0.2) is 60.5 Å². The van der Waals surface area contributed by atoms with Gasteiger partial charge in [0.2, 0.25) is 10.0 Å². The summed E-state index contributed by atoms with van der Waals surface area (Å²) in [5.74, 6) is -0.0503. The van der Waals surface area contributed by atoms with Gasteiger partial charge in [-0.25, -0.2) is 8.42 Å². The molecule has 1 saturated heterocycles. The minimum Gasteiger partial charge on any atom is -0.343 e. The molecule has 0 radical (unpaired) electrons. The van der Waals surface area contributed by atoms with Crippen LogP contribution in [0.3, 0.4) is 0 Å². The molecule has 1 aliphatic heterocycles. The minimum atomic E-state index is -3.17. The number of hydrogen-bond acceptors (Lipinski definition) is 3. The van der Waals surface area contributed by atoms with E-state index in [2.05, 4.69) is 15.9 Å². The largest absolute Gasteiger partial charge is 0.343 e. The summed E-state index contributed by atoms with van der Waals surface area (Å²) in [4.78, 5) is 14.2. The van der Waals surface area contributed by atoms with Gasteiger partial charge in [-0.2, -0.15) is 4.31 Å². The van der Waals surface area contributed by atoms with E-state index in [9.17, 15) is 13.2 Å². The molecule has 1 fully saturated rings. The fraction of sp³-hybridized carbons (Fsp3) is 0.583. The molecule has 0 atom stereocenters. The smallest absolute Gasteiger partial charge is 0.270 e. The number of hydrogen-bond donors (Lipinski definition) is 0. The van der Waals surface area contributed by atoms with Gasteiger partial charge >= 0.3 is 0 Å². The summed E-state index contributed by atoms with van der Waals surface area (Å²) in [7, 11) is -3.17. The van der Waals surface area contributed by atoms with E-state index in [0.717, 1.165) is 11.0 Å². The van der Waals surface area contributed by atoms with Crippen molar-refractivity contribution in [3.63, 3.8) is 0 Å². The van der Waals surface area contributed by atoms with E-state index in [1.54, 1.807) is 11.0 Å². The van der Waals surface area contributed by atoms with E-state index in [1.807, 2.05) is 17.7 Å². The number of rotatable bonds is 3. The van der Waals surface area contributed by atoms with Crippen molar-refractivity contribution in [2.24, 2.45) is 0 Å². The lowest BCUT2D eigenvalue weighted by Gasteiger charge is -2.33. The predicted octanol–water partition coefficient (Wildman–Crippen LogP) is 0.988. The first kappa shape index (κ1) is 15.5. The normalized spacial score (nSPS) is 17.4. The van der Waals surface area contributed by atoms with Crippen molar-refractivity contribution in [1.29, 1.82) is 0 Å². The minimum absolute atomic E-state index is 0.0503. The van der Waals surface area contributed by atoms with Crippen LogP contribution in [0.4, 0.5) is 0 Å². The fourth-order valence-corrected chi connectivity index (χ4v) is 3.59. The van der Waals surface area contributed by atoms with Gasteiger partial charge in [-0.05, 0) is 28.9 Å². The zero-order chi connectivity index (χ0) is 14.9. The third-order valence-corrected chi connectivity index (χ3v) is 5.15. The van der Waals surface area contributed by atoms with E-state index in [1.165, 1.54) is 10.6 Å². The Kier molecular flexibility index (Phi) is 4.55. The lowest BCUT2D eigenvalue weighted by Crippen LogP contribution is -2.50. The quantitative estimate of drug-likeness (QED) is 0.804. The molecule has 2 heterocycles. The molecule has 112 valence electrons. The van der Waals surface area contributed by atoms with Crippen LogP contribution in [0.2, 0.25) is 0 Å². The van der Waals surface area contributed by atoms with Crippen LogP contribution in [0, 0.1) is 0 Å². The van der Waals surface area contributed by atoms with E-state index >= 15 is 0 Å². The SMILES string of the molecule is CCn1cc(Br)cc1C(=O)N1CCN(S(C)(=O)=O)CC1. The van der Waals surface area contributed by atoms with Crippen LogP contribution in [-0.2, 0) is 16.6 Å².